The maximum atomic E-state index is 12.4. The molecule has 4 rings (SSSR count). The molecule has 0 aliphatic carbocycles. The van der Waals surface area contributed by atoms with E-state index in [1.54, 1.807) is 18.2 Å². The second-order valence-corrected chi connectivity index (χ2v) is 7.31. The van der Waals surface area contributed by atoms with Crippen LogP contribution in [0.4, 0.5) is 5.69 Å². The molecule has 9 nitrogen and oxygen atoms in total. The third-order valence-electron chi connectivity index (χ3n) is 4.27. The Labute approximate surface area is 186 Å². The maximum Gasteiger partial charge on any atom is 0.338 e. The van der Waals surface area contributed by atoms with Gasteiger partial charge < -0.3 is 19.5 Å². The number of carbonyl (C=O) groups excluding carboxylic acids is 2. The van der Waals surface area contributed by atoms with Gasteiger partial charge in [0.15, 0.2) is 18.1 Å². The molecular weight excluding hydrogens is 447 g/mol. The summed E-state index contributed by atoms with van der Waals surface area (Å²) in [6.07, 6.45) is 3.54. The van der Waals surface area contributed by atoms with Gasteiger partial charge in [-0.2, -0.15) is 5.10 Å². The summed E-state index contributed by atoms with van der Waals surface area (Å²) >= 11 is 12.2. The lowest BCUT2D eigenvalue weighted by molar-refractivity contribution is -0.119. The molecule has 1 aliphatic heterocycles. The van der Waals surface area contributed by atoms with Crippen LogP contribution < -0.4 is 14.8 Å². The normalized spacial score (nSPS) is 12.7. The standard InChI is InChI=1S/C20H16Cl2N4O5/c21-13-2-3-16(26-11-23-10-24-26)15(8-13)25-18(27)9-31-20(28)12-6-14(22)19-17(7-12)29-4-1-5-30-19/h2-3,6-8,10-11H,1,4-5,9H2,(H,25,27). The van der Waals surface area contributed by atoms with Crippen molar-refractivity contribution >= 4 is 40.8 Å². The zero-order chi connectivity index (χ0) is 21.8. The third kappa shape index (κ3) is 4.89. The Morgan fingerprint density at radius 1 is 1.16 bits per heavy atom. The van der Waals surface area contributed by atoms with Gasteiger partial charge in [0.25, 0.3) is 5.91 Å². The van der Waals surface area contributed by atoms with E-state index in [2.05, 4.69) is 15.4 Å². The summed E-state index contributed by atoms with van der Waals surface area (Å²) < 4.78 is 17.7. The molecule has 3 aromatic rings. The van der Waals surface area contributed by atoms with Crippen LogP contribution in [0.3, 0.4) is 0 Å². The van der Waals surface area contributed by atoms with Crippen molar-refractivity contribution in [2.75, 3.05) is 25.1 Å². The quantitative estimate of drug-likeness (QED) is 0.578. The van der Waals surface area contributed by atoms with Crippen LogP contribution >= 0.6 is 23.2 Å². The van der Waals surface area contributed by atoms with Gasteiger partial charge in [-0.3, -0.25) is 4.79 Å². The van der Waals surface area contributed by atoms with Gasteiger partial charge >= 0.3 is 5.97 Å². The molecule has 0 unspecified atom stereocenters. The zero-order valence-corrected chi connectivity index (χ0v) is 17.5. The largest absolute Gasteiger partial charge is 0.489 e. The lowest BCUT2D eigenvalue weighted by atomic mass is 10.2. The topological polar surface area (TPSA) is 105 Å². The number of hydrogen-bond acceptors (Lipinski definition) is 7. The van der Waals surface area contributed by atoms with E-state index >= 15 is 0 Å². The van der Waals surface area contributed by atoms with E-state index in [1.165, 1.54) is 29.5 Å². The molecule has 11 heteroatoms. The number of hydrogen-bond donors (Lipinski definition) is 1. The predicted octanol–water partition coefficient (Wildman–Crippen LogP) is 3.53. The van der Waals surface area contributed by atoms with Crippen molar-refractivity contribution in [2.24, 2.45) is 0 Å². The molecule has 1 amide bonds. The summed E-state index contributed by atoms with van der Waals surface area (Å²) in [5, 5.41) is 7.34. The van der Waals surface area contributed by atoms with Gasteiger partial charge in [-0.1, -0.05) is 23.2 Å². The molecule has 31 heavy (non-hydrogen) atoms. The van der Waals surface area contributed by atoms with E-state index in [1.807, 2.05) is 0 Å². The molecule has 0 spiro atoms. The van der Waals surface area contributed by atoms with Crippen LogP contribution in [0.15, 0.2) is 43.0 Å². The lowest BCUT2D eigenvalue weighted by Crippen LogP contribution is -2.22. The second kappa shape index (κ2) is 9.23. The van der Waals surface area contributed by atoms with Crippen LogP contribution in [0.2, 0.25) is 10.0 Å². The smallest absolute Gasteiger partial charge is 0.338 e. The summed E-state index contributed by atoms with van der Waals surface area (Å²) in [7, 11) is 0. The molecule has 0 atom stereocenters. The van der Waals surface area contributed by atoms with Gasteiger partial charge in [0.05, 0.1) is 35.2 Å². The number of amides is 1. The van der Waals surface area contributed by atoms with E-state index in [4.69, 9.17) is 37.4 Å². The fraction of sp³-hybridized carbons (Fsp3) is 0.200. The first kappa shape index (κ1) is 21.0. The summed E-state index contributed by atoms with van der Waals surface area (Å²) in [6.45, 7) is 0.392. The Morgan fingerprint density at radius 2 is 2.00 bits per heavy atom. The second-order valence-electron chi connectivity index (χ2n) is 6.46. The number of aromatic nitrogens is 3. The van der Waals surface area contributed by atoms with Gasteiger partial charge in [0.2, 0.25) is 0 Å². The molecule has 1 aromatic heterocycles. The van der Waals surface area contributed by atoms with Crippen molar-refractivity contribution in [3.63, 3.8) is 0 Å². The minimum absolute atomic E-state index is 0.146. The fourth-order valence-corrected chi connectivity index (χ4v) is 3.33. The van der Waals surface area contributed by atoms with Gasteiger partial charge in [0, 0.05) is 11.4 Å². The average molecular weight is 463 g/mol. The Hall–Kier alpha value is -3.30. The van der Waals surface area contributed by atoms with Gasteiger partial charge in [-0.05, 0) is 30.3 Å². The minimum Gasteiger partial charge on any atom is -0.489 e. The van der Waals surface area contributed by atoms with E-state index in [0.29, 0.717) is 47.5 Å². The molecule has 0 radical (unpaired) electrons. The van der Waals surface area contributed by atoms with Crippen molar-refractivity contribution in [1.29, 1.82) is 0 Å². The molecule has 0 saturated heterocycles. The minimum atomic E-state index is -0.727. The van der Waals surface area contributed by atoms with E-state index < -0.39 is 18.5 Å². The molecule has 1 aliphatic rings. The number of anilines is 1. The predicted molar refractivity (Wildman–Crippen MR) is 112 cm³/mol. The number of fused-ring (bicyclic) bond motifs is 1. The van der Waals surface area contributed by atoms with Gasteiger partial charge in [-0.15, -0.1) is 0 Å². The molecule has 2 aromatic carbocycles. The third-order valence-corrected chi connectivity index (χ3v) is 4.79. The van der Waals surface area contributed by atoms with Crippen molar-refractivity contribution in [3.05, 3.63) is 58.6 Å². The Morgan fingerprint density at radius 3 is 2.81 bits per heavy atom. The molecule has 0 fully saturated rings. The van der Waals surface area contributed by atoms with Crippen molar-refractivity contribution in [1.82, 2.24) is 14.8 Å². The summed E-state index contributed by atoms with van der Waals surface area (Å²) in [4.78, 5) is 28.7. The van der Waals surface area contributed by atoms with E-state index in [9.17, 15) is 9.59 Å². The van der Waals surface area contributed by atoms with E-state index in [0.717, 1.165) is 0 Å². The molecule has 1 N–H and O–H groups in total. The Kier molecular flexibility index (Phi) is 6.24. The number of nitrogens with zero attached hydrogens (tertiary/aromatic N) is 3. The highest BCUT2D eigenvalue weighted by molar-refractivity contribution is 6.32. The van der Waals surface area contributed by atoms with Gasteiger partial charge in [0.1, 0.15) is 12.7 Å². The Bertz CT molecular complexity index is 1120. The monoisotopic (exact) mass is 462 g/mol. The highest BCUT2D eigenvalue weighted by atomic mass is 35.5. The Balaban J connectivity index is 1.43. The number of nitrogens with one attached hydrogen (secondary N) is 1. The SMILES string of the molecule is O=C(COC(=O)c1cc(Cl)c2c(c1)OCCCO2)Nc1cc(Cl)ccc1-n1cncn1. The first-order valence-corrected chi connectivity index (χ1v) is 9.97. The summed E-state index contributed by atoms with van der Waals surface area (Å²) in [6, 6.07) is 7.78. The van der Waals surface area contributed by atoms with Crippen LogP contribution in [0.1, 0.15) is 16.8 Å². The van der Waals surface area contributed by atoms with Crippen molar-refractivity contribution < 1.29 is 23.8 Å². The highest BCUT2D eigenvalue weighted by Crippen LogP contribution is 2.38. The van der Waals surface area contributed by atoms with Crippen LogP contribution in [-0.4, -0.2) is 46.5 Å². The maximum absolute atomic E-state index is 12.4. The van der Waals surface area contributed by atoms with Crippen LogP contribution in [0.5, 0.6) is 11.5 Å². The first-order chi connectivity index (χ1) is 15.0. The summed E-state index contributed by atoms with van der Waals surface area (Å²) in [5.74, 6) is -0.541. The van der Waals surface area contributed by atoms with Crippen molar-refractivity contribution in [3.8, 4) is 17.2 Å². The first-order valence-electron chi connectivity index (χ1n) is 9.22. The number of rotatable bonds is 5. The average Bonchev–Trinajstić information content (AvgIpc) is 3.16. The number of ether oxygens (including phenoxy) is 3. The molecule has 2 heterocycles. The number of benzene rings is 2. The number of halogens is 2. The fourth-order valence-electron chi connectivity index (χ4n) is 2.89. The highest BCUT2D eigenvalue weighted by Gasteiger charge is 2.20. The van der Waals surface area contributed by atoms with Crippen LogP contribution in [-0.2, 0) is 9.53 Å². The molecular formula is C20H16Cl2N4O5. The van der Waals surface area contributed by atoms with E-state index in [-0.39, 0.29) is 10.6 Å². The van der Waals surface area contributed by atoms with Crippen molar-refractivity contribution in [2.45, 2.75) is 6.42 Å². The molecule has 0 bridgehead atoms. The number of carbonyl (C=O) groups is 2. The number of esters is 1. The molecule has 160 valence electrons. The van der Waals surface area contributed by atoms with Gasteiger partial charge in [-0.25, -0.2) is 14.5 Å². The molecule has 0 saturated carbocycles. The van der Waals surface area contributed by atoms with Crippen LogP contribution in [0.25, 0.3) is 5.69 Å². The lowest BCUT2D eigenvalue weighted by Gasteiger charge is -2.13. The van der Waals surface area contributed by atoms with Crippen LogP contribution in [0, 0.1) is 0 Å². The summed E-state index contributed by atoms with van der Waals surface area (Å²) in [5.41, 5.74) is 1.09. The zero-order valence-electron chi connectivity index (χ0n) is 16.0.